The molecular formula is C14H32O4Si2. The highest BCUT2D eigenvalue weighted by molar-refractivity contribution is 7.40. The van der Waals surface area contributed by atoms with Gasteiger partial charge in [-0.2, -0.15) is 0 Å². The summed E-state index contributed by atoms with van der Waals surface area (Å²) in [5, 5.41) is 29.8. The summed E-state index contributed by atoms with van der Waals surface area (Å²) in [6.45, 7) is 12.4. The lowest BCUT2D eigenvalue weighted by atomic mass is 10.1. The van der Waals surface area contributed by atoms with Crippen LogP contribution in [0, 0.1) is 0 Å². The zero-order valence-electron chi connectivity index (χ0n) is 13.9. The molecule has 1 heterocycles. The Morgan fingerprint density at radius 3 is 2.25 bits per heavy atom. The lowest BCUT2D eigenvalue weighted by molar-refractivity contribution is -0.0549. The van der Waals surface area contributed by atoms with Crippen LogP contribution >= 0.6 is 0 Å². The Balaban J connectivity index is 3.23. The summed E-state index contributed by atoms with van der Waals surface area (Å²) in [7, 11) is -4.36. The molecule has 0 aliphatic carbocycles. The summed E-state index contributed by atoms with van der Waals surface area (Å²) in [6.07, 6.45) is 1.19. The second kappa shape index (κ2) is 5.81. The maximum atomic E-state index is 11.3. The molecule has 3 unspecified atom stereocenters. The minimum atomic E-state index is -2.25. The third-order valence-electron chi connectivity index (χ3n) is 5.40. The summed E-state index contributed by atoms with van der Waals surface area (Å²) < 4.78 is 6.41. The molecule has 1 aliphatic heterocycles. The first kappa shape index (κ1) is 18.3. The van der Waals surface area contributed by atoms with Gasteiger partial charge >= 0.3 is 0 Å². The van der Waals surface area contributed by atoms with E-state index in [9.17, 15) is 15.3 Å². The third kappa shape index (κ3) is 2.91. The van der Waals surface area contributed by atoms with E-state index in [0.717, 1.165) is 18.9 Å². The van der Waals surface area contributed by atoms with Gasteiger partial charge in [-0.15, -0.1) is 0 Å². The van der Waals surface area contributed by atoms with Gasteiger partial charge in [0.05, 0.1) is 17.4 Å². The first-order valence-corrected chi connectivity index (χ1v) is 14.3. The maximum Gasteiger partial charge on any atom is 0.178 e. The summed E-state index contributed by atoms with van der Waals surface area (Å²) in [5.74, 6) is 0. The quantitative estimate of drug-likeness (QED) is 0.677. The van der Waals surface area contributed by atoms with Gasteiger partial charge in [0.25, 0.3) is 0 Å². The fourth-order valence-corrected chi connectivity index (χ4v) is 18.0. The zero-order valence-corrected chi connectivity index (χ0v) is 15.9. The van der Waals surface area contributed by atoms with Gasteiger partial charge in [0.1, 0.15) is 13.7 Å². The van der Waals surface area contributed by atoms with Crippen molar-refractivity contribution in [1.29, 1.82) is 0 Å². The molecule has 0 saturated carbocycles. The standard InChI is InChI=1S/C14H32O4Si2/c1-7-8-14(17,12(16)11-15)20(6)10-9-13(2,3)18-19(20,4)5/h12,15-17H,7-11H2,1-6H3. The molecule has 0 aromatic rings. The van der Waals surface area contributed by atoms with Gasteiger partial charge < -0.3 is 19.7 Å². The van der Waals surface area contributed by atoms with Crippen LogP contribution in [0.2, 0.25) is 25.7 Å². The molecule has 20 heavy (non-hydrogen) atoms. The molecule has 3 atom stereocenters. The van der Waals surface area contributed by atoms with Gasteiger partial charge in [0, 0.05) is 0 Å². The molecule has 0 amide bonds. The number of hydrogen-bond acceptors (Lipinski definition) is 4. The molecule has 1 fully saturated rings. The van der Waals surface area contributed by atoms with Crippen molar-refractivity contribution in [2.45, 2.75) is 82.6 Å². The number of aliphatic hydroxyl groups excluding tert-OH is 2. The Morgan fingerprint density at radius 1 is 1.30 bits per heavy atom. The predicted molar refractivity (Wildman–Crippen MR) is 86.6 cm³/mol. The highest BCUT2D eigenvalue weighted by Gasteiger charge is 2.64. The topological polar surface area (TPSA) is 69.9 Å². The SMILES string of the molecule is CCCC(O)(C(O)CO)[Si]1(C)CCC(C)(C)O[Si]1(C)C. The highest BCUT2D eigenvalue weighted by atomic mass is 29.3. The van der Waals surface area contributed by atoms with Gasteiger partial charge in [-0.3, -0.25) is 0 Å². The van der Waals surface area contributed by atoms with Crippen LogP contribution in [0.5, 0.6) is 0 Å². The molecule has 0 spiro atoms. The van der Waals surface area contributed by atoms with Gasteiger partial charge in [-0.05, 0) is 39.8 Å². The normalized spacial score (nSPS) is 33.5. The van der Waals surface area contributed by atoms with Gasteiger partial charge in [-0.25, -0.2) is 0 Å². The molecule has 0 radical (unpaired) electrons. The predicted octanol–water partition coefficient (Wildman–Crippen LogP) is 1.97. The van der Waals surface area contributed by atoms with Crippen molar-refractivity contribution in [1.82, 2.24) is 0 Å². The van der Waals surface area contributed by atoms with Gasteiger partial charge in [0.2, 0.25) is 0 Å². The van der Waals surface area contributed by atoms with E-state index in [1.54, 1.807) is 0 Å². The molecule has 4 nitrogen and oxygen atoms in total. The van der Waals surface area contributed by atoms with E-state index in [-0.39, 0.29) is 12.2 Å². The van der Waals surface area contributed by atoms with E-state index in [1.165, 1.54) is 0 Å². The number of hydrogen-bond donors (Lipinski definition) is 3. The molecule has 6 heteroatoms. The summed E-state index contributed by atoms with van der Waals surface area (Å²) >= 11 is 0. The molecule has 1 saturated heterocycles. The van der Waals surface area contributed by atoms with Crippen LogP contribution in [-0.4, -0.2) is 54.3 Å². The average Bonchev–Trinajstić information content (AvgIpc) is 2.32. The zero-order chi connectivity index (χ0) is 15.8. The van der Waals surface area contributed by atoms with Crippen molar-refractivity contribution in [2.75, 3.05) is 6.61 Å². The molecule has 0 bridgehead atoms. The Labute approximate surface area is 125 Å². The van der Waals surface area contributed by atoms with Crippen LogP contribution in [0.25, 0.3) is 0 Å². The second-order valence-electron chi connectivity index (χ2n) is 7.58. The van der Waals surface area contributed by atoms with E-state index in [2.05, 4.69) is 33.5 Å². The Bertz CT molecular complexity index is 348. The number of aliphatic hydroxyl groups is 3. The monoisotopic (exact) mass is 320 g/mol. The van der Waals surface area contributed by atoms with Crippen molar-refractivity contribution in [3.8, 4) is 0 Å². The van der Waals surface area contributed by atoms with E-state index in [1.807, 2.05) is 6.92 Å². The summed E-state index contributed by atoms with van der Waals surface area (Å²) in [5.41, 5.74) is -0.139. The molecular weight excluding hydrogens is 288 g/mol. The van der Waals surface area contributed by atoms with Crippen molar-refractivity contribution >= 4 is 15.4 Å². The van der Waals surface area contributed by atoms with E-state index >= 15 is 0 Å². The molecule has 1 aliphatic rings. The van der Waals surface area contributed by atoms with Crippen LogP contribution in [-0.2, 0) is 4.43 Å². The Morgan fingerprint density at radius 2 is 1.85 bits per heavy atom. The molecule has 0 aromatic heterocycles. The molecule has 1 rings (SSSR count). The largest absolute Gasteiger partial charge is 0.415 e. The third-order valence-corrected chi connectivity index (χ3v) is 23.2. The van der Waals surface area contributed by atoms with E-state index in [0.29, 0.717) is 6.42 Å². The lowest BCUT2D eigenvalue weighted by Gasteiger charge is -2.58. The molecule has 3 N–H and O–H groups in total. The van der Waals surface area contributed by atoms with Crippen LogP contribution in [0.1, 0.15) is 40.0 Å². The van der Waals surface area contributed by atoms with Crippen molar-refractivity contribution in [3.63, 3.8) is 0 Å². The Kier molecular flexibility index (Phi) is 5.33. The van der Waals surface area contributed by atoms with Crippen LogP contribution in [0.3, 0.4) is 0 Å². The highest BCUT2D eigenvalue weighted by Crippen LogP contribution is 2.46. The second-order valence-corrected chi connectivity index (χ2v) is 21.8. The maximum absolute atomic E-state index is 11.3. The first-order chi connectivity index (χ1) is 8.96. The fraction of sp³-hybridized carbons (Fsp3) is 1.00. The minimum Gasteiger partial charge on any atom is -0.415 e. The summed E-state index contributed by atoms with van der Waals surface area (Å²) in [4.78, 5) is 0. The van der Waals surface area contributed by atoms with Crippen LogP contribution in [0.4, 0.5) is 0 Å². The Hall–Kier alpha value is 0.274. The minimum absolute atomic E-state index is 0.139. The number of rotatable bonds is 5. The van der Waals surface area contributed by atoms with Gasteiger partial charge in [0.15, 0.2) is 7.83 Å². The fourth-order valence-electron chi connectivity index (χ4n) is 3.79. The summed E-state index contributed by atoms with van der Waals surface area (Å²) in [6, 6.07) is 0.951. The van der Waals surface area contributed by atoms with E-state index < -0.39 is 26.8 Å². The smallest absolute Gasteiger partial charge is 0.178 e. The van der Waals surface area contributed by atoms with Gasteiger partial charge in [-0.1, -0.05) is 25.9 Å². The van der Waals surface area contributed by atoms with Crippen LogP contribution in [0.15, 0.2) is 0 Å². The first-order valence-electron chi connectivity index (χ1n) is 7.67. The molecule has 120 valence electrons. The van der Waals surface area contributed by atoms with E-state index in [4.69, 9.17) is 4.43 Å². The average molecular weight is 321 g/mol. The van der Waals surface area contributed by atoms with Crippen molar-refractivity contribution < 1.29 is 19.7 Å². The lowest BCUT2D eigenvalue weighted by Crippen LogP contribution is -2.79. The van der Waals surface area contributed by atoms with Crippen LogP contribution < -0.4 is 0 Å². The van der Waals surface area contributed by atoms with Crippen molar-refractivity contribution in [2.24, 2.45) is 0 Å². The molecule has 0 aromatic carbocycles. The van der Waals surface area contributed by atoms with Crippen molar-refractivity contribution in [3.05, 3.63) is 0 Å².